The van der Waals surface area contributed by atoms with Gasteiger partial charge in [-0.1, -0.05) is 49.5 Å². The molecule has 0 amide bonds. The molecule has 0 radical (unpaired) electrons. The monoisotopic (exact) mass is 302 g/mol. The molecule has 0 spiro atoms. The molecule has 1 N–H and O–H groups in total. The molecule has 1 aromatic rings. The van der Waals surface area contributed by atoms with Crippen molar-refractivity contribution in [2.75, 3.05) is 11.1 Å². The van der Waals surface area contributed by atoms with Gasteiger partial charge < -0.3 is 5.32 Å². The molecule has 2 rings (SSSR count). The molecular weight excluding hydrogens is 286 g/mol. The predicted octanol–water partition coefficient (Wildman–Crippen LogP) is 4.54. The molecule has 104 valence electrons. The highest BCUT2D eigenvalue weighted by atomic mass is 32.2. The Hall–Kier alpha value is -0.750. The zero-order valence-electron chi connectivity index (χ0n) is 10.8. The Morgan fingerprint density at radius 1 is 1.37 bits per heavy atom. The van der Waals surface area contributed by atoms with E-state index in [-0.39, 0.29) is 0 Å². The Bertz CT molecular complexity index is 464. The molecule has 1 aromatic carbocycles. The van der Waals surface area contributed by atoms with Gasteiger partial charge in [0.25, 0.3) is 5.76 Å². The second kappa shape index (κ2) is 6.61. The number of halogens is 2. The lowest BCUT2D eigenvalue weighted by atomic mass is 10.1. The van der Waals surface area contributed by atoms with Gasteiger partial charge in [0.1, 0.15) is 0 Å². The molecule has 1 atom stereocenters. The van der Waals surface area contributed by atoms with Gasteiger partial charge in [-0.2, -0.15) is 8.78 Å². The maximum Gasteiger partial charge on any atom is 0.288 e. The van der Waals surface area contributed by atoms with E-state index in [0.29, 0.717) is 34.3 Å². The minimum Gasteiger partial charge on any atom is -0.334 e. The third-order valence-electron chi connectivity index (χ3n) is 2.79. The highest BCUT2D eigenvalue weighted by Gasteiger charge is 2.21. The molecule has 6 heteroatoms. The minimum atomic E-state index is -2.41. The van der Waals surface area contributed by atoms with Crippen LogP contribution >= 0.6 is 23.5 Å². The fraction of sp³-hybridized carbons (Fsp3) is 0.462. The van der Waals surface area contributed by atoms with Gasteiger partial charge in [-0.3, -0.25) is 4.99 Å². The van der Waals surface area contributed by atoms with Crippen LogP contribution < -0.4 is 5.32 Å². The Labute approximate surface area is 120 Å². The lowest BCUT2D eigenvalue weighted by Gasteiger charge is -2.10. The number of benzene rings is 1. The highest BCUT2D eigenvalue weighted by molar-refractivity contribution is 8.14. The first kappa shape index (κ1) is 14.7. The molecule has 0 saturated carbocycles. The molecule has 0 saturated heterocycles. The second-order valence-electron chi connectivity index (χ2n) is 4.56. The zero-order valence-corrected chi connectivity index (χ0v) is 12.4. The average Bonchev–Trinajstić information content (AvgIpc) is 2.80. The van der Waals surface area contributed by atoms with Crippen LogP contribution in [0, 0.1) is 5.92 Å². The van der Waals surface area contributed by atoms with Gasteiger partial charge in [0.15, 0.2) is 5.17 Å². The predicted molar refractivity (Wildman–Crippen MR) is 80.4 cm³/mol. The van der Waals surface area contributed by atoms with Crippen LogP contribution in [0.3, 0.4) is 0 Å². The molecule has 0 aliphatic carbocycles. The summed E-state index contributed by atoms with van der Waals surface area (Å²) in [5.41, 5.74) is 0.698. The van der Waals surface area contributed by atoms with Crippen LogP contribution in [0.15, 0.2) is 34.2 Å². The van der Waals surface area contributed by atoms with E-state index in [2.05, 4.69) is 24.2 Å². The highest BCUT2D eigenvalue weighted by Crippen LogP contribution is 2.33. The number of thioether (sulfide) groups is 2. The number of hydrogen-bond donors (Lipinski definition) is 1. The molecule has 19 heavy (non-hydrogen) atoms. The fourth-order valence-electron chi connectivity index (χ4n) is 1.68. The summed E-state index contributed by atoms with van der Waals surface area (Å²) < 4.78 is 25.0. The molecule has 0 unspecified atom stereocenters. The minimum absolute atomic E-state index is 0.308. The number of para-hydroxylation sites is 1. The number of rotatable bonds is 4. The summed E-state index contributed by atoms with van der Waals surface area (Å²) in [6.07, 6.45) is 0. The van der Waals surface area contributed by atoms with E-state index in [4.69, 9.17) is 0 Å². The topological polar surface area (TPSA) is 24.4 Å². The molecule has 0 fully saturated rings. The summed E-state index contributed by atoms with van der Waals surface area (Å²) in [5, 5.41) is 3.98. The number of nitrogens with one attached hydrogen (secondary N) is 1. The molecule has 1 aliphatic heterocycles. The molecular formula is C13H16F2N2S2. The average molecular weight is 302 g/mol. The molecule has 1 heterocycles. The van der Waals surface area contributed by atoms with Crippen LogP contribution in [0.5, 0.6) is 0 Å². The third kappa shape index (κ3) is 4.11. The van der Waals surface area contributed by atoms with E-state index in [1.165, 1.54) is 0 Å². The standard InChI is InChI=1S/C13H16F2N2S2/c1-8(2)10-7-18-13(17-10)16-9-5-3-4-6-11(9)19-12(14)15/h3-6,8,10,12H,7H2,1-2H3,(H,16,17)/t10-/m1/s1. The third-order valence-corrected chi connectivity index (χ3v) is 4.57. The molecule has 0 bridgehead atoms. The molecule has 0 aromatic heterocycles. The number of amidine groups is 1. The van der Waals surface area contributed by atoms with Crippen molar-refractivity contribution in [1.82, 2.24) is 0 Å². The van der Waals surface area contributed by atoms with Gasteiger partial charge >= 0.3 is 0 Å². The van der Waals surface area contributed by atoms with Gasteiger partial charge in [0, 0.05) is 10.6 Å². The van der Waals surface area contributed by atoms with Crippen molar-refractivity contribution >= 4 is 34.4 Å². The van der Waals surface area contributed by atoms with Crippen LogP contribution in [-0.2, 0) is 0 Å². The number of anilines is 1. The smallest absolute Gasteiger partial charge is 0.288 e. The Balaban J connectivity index is 2.09. The van der Waals surface area contributed by atoms with Gasteiger partial charge in [0.05, 0.1) is 11.7 Å². The quantitative estimate of drug-likeness (QED) is 0.826. The number of alkyl halides is 2. The Kier molecular flexibility index (Phi) is 5.10. The number of aliphatic imine (C=N–C) groups is 1. The normalized spacial score (nSPS) is 19.1. The maximum atomic E-state index is 12.5. The van der Waals surface area contributed by atoms with Crippen LogP contribution in [0.2, 0.25) is 0 Å². The van der Waals surface area contributed by atoms with Crippen LogP contribution in [0.1, 0.15) is 13.8 Å². The Morgan fingerprint density at radius 3 is 2.74 bits per heavy atom. The summed E-state index contributed by atoms with van der Waals surface area (Å²) in [6.45, 7) is 4.27. The van der Waals surface area contributed by atoms with Gasteiger partial charge in [0.2, 0.25) is 0 Å². The van der Waals surface area contributed by atoms with Crippen LogP contribution in [0.4, 0.5) is 14.5 Å². The van der Waals surface area contributed by atoms with E-state index in [1.807, 2.05) is 6.07 Å². The van der Waals surface area contributed by atoms with Crippen molar-refractivity contribution in [1.29, 1.82) is 0 Å². The summed E-state index contributed by atoms with van der Waals surface area (Å²) in [5.74, 6) is -0.966. The van der Waals surface area contributed by atoms with E-state index in [1.54, 1.807) is 30.0 Å². The van der Waals surface area contributed by atoms with Gasteiger partial charge in [-0.25, -0.2) is 0 Å². The van der Waals surface area contributed by atoms with Crippen LogP contribution in [-0.4, -0.2) is 22.7 Å². The fourth-order valence-corrected chi connectivity index (χ4v) is 3.46. The largest absolute Gasteiger partial charge is 0.334 e. The van der Waals surface area contributed by atoms with E-state index in [0.717, 1.165) is 10.9 Å². The first-order chi connectivity index (χ1) is 9.06. The lowest BCUT2D eigenvalue weighted by Crippen LogP contribution is -2.12. The van der Waals surface area contributed by atoms with Gasteiger partial charge in [-0.05, 0) is 18.1 Å². The van der Waals surface area contributed by atoms with Crippen molar-refractivity contribution in [3.8, 4) is 0 Å². The maximum absolute atomic E-state index is 12.5. The number of hydrogen-bond acceptors (Lipinski definition) is 4. The SMILES string of the molecule is CC(C)[C@H]1CSC(Nc2ccccc2SC(F)F)=N1. The summed E-state index contributed by atoms with van der Waals surface area (Å²) in [6, 6.07) is 7.40. The van der Waals surface area contributed by atoms with Crippen molar-refractivity contribution in [2.24, 2.45) is 10.9 Å². The van der Waals surface area contributed by atoms with Gasteiger partial charge in [-0.15, -0.1) is 0 Å². The second-order valence-corrected chi connectivity index (χ2v) is 6.60. The summed E-state index contributed by atoms with van der Waals surface area (Å²) in [7, 11) is 0. The summed E-state index contributed by atoms with van der Waals surface area (Å²) in [4.78, 5) is 5.12. The molecule has 1 aliphatic rings. The molecule has 2 nitrogen and oxygen atoms in total. The van der Waals surface area contributed by atoms with Crippen molar-refractivity contribution in [3.63, 3.8) is 0 Å². The van der Waals surface area contributed by atoms with E-state index in [9.17, 15) is 8.78 Å². The van der Waals surface area contributed by atoms with Crippen molar-refractivity contribution in [3.05, 3.63) is 24.3 Å². The first-order valence-electron chi connectivity index (χ1n) is 6.07. The zero-order chi connectivity index (χ0) is 13.8. The Morgan fingerprint density at radius 2 is 2.11 bits per heavy atom. The lowest BCUT2D eigenvalue weighted by molar-refractivity contribution is 0.252. The van der Waals surface area contributed by atoms with E-state index >= 15 is 0 Å². The van der Waals surface area contributed by atoms with Crippen LogP contribution in [0.25, 0.3) is 0 Å². The van der Waals surface area contributed by atoms with E-state index < -0.39 is 5.76 Å². The van der Waals surface area contributed by atoms with Crippen molar-refractivity contribution in [2.45, 2.75) is 30.5 Å². The number of nitrogens with zero attached hydrogens (tertiary/aromatic N) is 1. The van der Waals surface area contributed by atoms with Crippen molar-refractivity contribution < 1.29 is 8.78 Å². The first-order valence-corrected chi connectivity index (χ1v) is 7.94. The summed E-state index contributed by atoms with van der Waals surface area (Å²) >= 11 is 2.20.